The summed E-state index contributed by atoms with van der Waals surface area (Å²) in [5.74, 6) is 1.85. The van der Waals surface area contributed by atoms with Crippen LogP contribution in [0.25, 0.3) is 11.2 Å². The summed E-state index contributed by atoms with van der Waals surface area (Å²) in [6, 6.07) is 1.82. The Labute approximate surface area is 138 Å². The molecule has 2 aliphatic heterocycles. The molecule has 0 saturated heterocycles. The van der Waals surface area contributed by atoms with Gasteiger partial charge in [-0.2, -0.15) is 0 Å². The molecule has 4 rings (SSSR count). The highest BCUT2D eigenvalue weighted by Crippen LogP contribution is 2.24. The van der Waals surface area contributed by atoms with E-state index in [9.17, 15) is 4.79 Å². The molecule has 0 unspecified atom stereocenters. The lowest BCUT2D eigenvalue weighted by atomic mass is 10.2. The van der Waals surface area contributed by atoms with Crippen LogP contribution in [0, 0.1) is 6.92 Å². The first-order valence-corrected chi connectivity index (χ1v) is 9.06. The normalized spacial score (nSPS) is 17.7. The average Bonchev–Trinajstić information content (AvgIpc) is 3.08. The summed E-state index contributed by atoms with van der Waals surface area (Å²) in [5, 5.41) is 3.61. The molecule has 6 nitrogen and oxygen atoms in total. The average molecular weight is 329 g/mol. The summed E-state index contributed by atoms with van der Waals surface area (Å²) < 4.78 is 2.19. The van der Waals surface area contributed by atoms with Crippen LogP contribution in [0.2, 0.25) is 0 Å². The largest absolute Gasteiger partial charge is 0.313 e. The van der Waals surface area contributed by atoms with Gasteiger partial charge in [0.25, 0.3) is 5.91 Å². The van der Waals surface area contributed by atoms with Crippen molar-refractivity contribution in [3.63, 3.8) is 0 Å². The summed E-state index contributed by atoms with van der Waals surface area (Å²) in [4.78, 5) is 26.3. The zero-order valence-corrected chi connectivity index (χ0v) is 13.9. The molecule has 2 aliphatic rings. The fraction of sp³-hybridized carbons (Fsp3) is 0.500. The Balaban J connectivity index is 1.78. The van der Waals surface area contributed by atoms with Crippen LogP contribution >= 0.6 is 11.8 Å². The van der Waals surface area contributed by atoms with Gasteiger partial charge in [-0.15, -0.1) is 0 Å². The molecule has 2 aromatic rings. The minimum Gasteiger partial charge on any atom is -0.313 e. The number of hydrogen-bond acceptors (Lipinski definition) is 5. The lowest BCUT2D eigenvalue weighted by molar-refractivity contribution is 0.0979. The third-order valence-corrected chi connectivity index (χ3v) is 5.13. The Hall–Kier alpha value is -1.89. The Kier molecular flexibility index (Phi) is 3.80. The van der Waals surface area contributed by atoms with Crippen molar-refractivity contribution in [1.29, 1.82) is 0 Å². The molecule has 1 N–H and O–H groups in total. The van der Waals surface area contributed by atoms with Gasteiger partial charge in [-0.25, -0.2) is 9.97 Å². The molecule has 1 amide bonds. The molecule has 0 spiro atoms. The number of fused-ring (bicyclic) bond motifs is 3. The number of carbonyl (C=O) groups is 1. The number of amides is 1. The number of rotatable bonds is 1. The van der Waals surface area contributed by atoms with E-state index in [2.05, 4.69) is 19.9 Å². The molecular formula is C16H19N5OS. The second kappa shape index (κ2) is 5.96. The van der Waals surface area contributed by atoms with Crippen LogP contribution in [-0.2, 0) is 13.0 Å². The highest BCUT2D eigenvalue weighted by atomic mass is 32.2. The van der Waals surface area contributed by atoms with E-state index in [1.54, 1.807) is 11.8 Å². The zero-order chi connectivity index (χ0) is 15.8. The number of aryl methyl sites for hydroxylation is 3. The smallest absolute Gasteiger partial charge is 0.259 e. The van der Waals surface area contributed by atoms with E-state index in [1.165, 1.54) is 6.42 Å². The van der Waals surface area contributed by atoms with Crippen LogP contribution < -0.4 is 5.32 Å². The van der Waals surface area contributed by atoms with Gasteiger partial charge in [-0.05, 0) is 25.8 Å². The Morgan fingerprint density at radius 2 is 2.22 bits per heavy atom. The van der Waals surface area contributed by atoms with Crippen molar-refractivity contribution < 1.29 is 4.79 Å². The first-order valence-electron chi connectivity index (χ1n) is 8.08. The molecule has 4 heterocycles. The van der Waals surface area contributed by atoms with Gasteiger partial charge in [0, 0.05) is 24.4 Å². The van der Waals surface area contributed by atoms with Crippen LogP contribution in [0.3, 0.4) is 0 Å². The van der Waals surface area contributed by atoms with Crippen LogP contribution in [-0.4, -0.2) is 37.9 Å². The van der Waals surface area contributed by atoms with E-state index in [1.807, 2.05) is 13.0 Å². The van der Waals surface area contributed by atoms with Gasteiger partial charge >= 0.3 is 0 Å². The lowest BCUT2D eigenvalue weighted by Crippen LogP contribution is -2.27. The first-order chi connectivity index (χ1) is 11.2. The van der Waals surface area contributed by atoms with E-state index in [-0.39, 0.29) is 5.91 Å². The summed E-state index contributed by atoms with van der Waals surface area (Å²) in [6.07, 6.45) is 4.47. The molecule has 0 radical (unpaired) electrons. The SMILES string of the molecule is Cc1cc(C(=O)NC2=NCCS2)c2nc3n(c2n1)CCCCC3. The number of aliphatic imine (C=N–C) groups is 1. The quantitative estimate of drug-likeness (QED) is 0.871. The molecule has 0 aromatic carbocycles. The Morgan fingerprint density at radius 1 is 1.30 bits per heavy atom. The van der Waals surface area contributed by atoms with E-state index in [4.69, 9.17) is 4.98 Å². The third-order valence-electron chi connectivity index (χ3n) is 4.24. The fourth-order valence-corrected chi connectivity index (χ4v) is 3.89. The number of imidazole rings is 1. The van der Waals surface area contributed by atoms with Crippen molar-refractivity contribution in [2.75, 3.05) is 12.3 Å². The van der Waals surface area contributed by atoms with Crippen molar-refractivity contribution in [1.82, 2.24) is 19.9 Å². The minimum absolute atomic E-state index is 0.137. The zero-order valence-electron chi connectivity index (χ0n) is 13.1. The summed E-state index contributed by atoms with van der Waals surface area (Å²) in [6.45, 7) is 3.63. The first kappa shape index (κ1) is 14.7. The van der Waals surface area contributed by atoms with Gasteiger partial charge in [0.05, 0.1) is 12.1 Å². The van der Waals surface area contributed by atoms with Gasteiger partial charge in [0.15, 0.2) is 10.8 Å². The number of pyridine rings is 1. The molecule has 23 heavy (non-hydrogen) atoms. The molecular weight excluding hydrogens is 310 g/mol. The summed E-state index contributed by atoms with van der Waals surface area (Å²) in [5.41, 5.74) is 3.00. The lowest BCUT2D eigenvalue weighted by Gasteiger charge is -2.07. The van der Waals surface area contributed by atoms with Gasteiger partial charge in [0.1, 0.15) is 11.3 Å². The number of carbonyl (C=O) groups excluding carboxylic acids is 1. The van der Waals surface area contributed by atoms with E-state index >= 15 is 0 Å². The second-order valence-corrected chi connectivity index (χ2v) is 7.05. The van der Waals surface area contributed by atoms with Crippen LogP contribution in [0.4, 0.5) is 0 Å². The molecule has 0 bridgehead atoms. The summed E-state index contributed by atoms with van der Waals surface area (Å²) in [7, 11) is 0. The predicted octanol–water partition coefficient (Wildman–Crippen LogP) is 2.30. The number of amidine groups is 1. The van der Waals surface area contributed by atoms with Crippen LogP contribution in [0.15, 0.2) is 11.1 Å². The fourth-order valence-electron chi connectivity index (χ4n) is 3.16. The van der Waals surface area contributed by atoms with Crippen LogP contribution in [0.5, 0.6) is 0 Å². The third kappa shape index (κ3) is 2.73. The van der Waals surface area contributed by atoms with E-state index < -0.39 is 0 Å². The number of aromatic nitrogens is 3. The van der Waals surface area contributed by atoms with Gasteiger partial charge in [-0.1, -0.05) is 18.2 Å². The molecule has 0 saturated carbocycles. The minimum atomic E-state index is -0.137. The maximum absolute atomic E-state index is 12.7. The second-order valence-electron chi connectivity index (χ2n) is 5.96. The standard InChI is InChI=1S/C16H19N5OS/c1-10-9-11(15(22)20-16-17-6-8-23-16)13-14(18-10)21-7-4-2-3-5-12(21)19-13/h9H,2-8H2,1H3,(H,17,20,22). The number of nitrogens with one attached hydrogen (secondary N) is 1. The molecule has 7 heteroatoms. The van der Waals surface area contributed by atoms with Gasteiger partial charge in [0.2, 0.25) is 0 Å². The van der Waals surface area contributed by atoms with Crippen molar-refractivity contribution >= 4 is 34.0 Å². The molecule has 120 valence electrons. The monoisotopic (exact) mass is 329 g/mol. The van der Waals surface area contributed by atoms with Crippen LogP contribution in [0.1, 0.15) is 41.1 Å². The van der Waals surface area contributed by atoms with E-state index in [0.717, 1.165) is 55.3 Å². The highest BCUT2D eigenvalue weighted by molar-refractivity contribution is 8.14. The van der Waals surface area contributed by atoms with E-state index in [0.29, 0.717) is 16.2 Å². The number of hydrogen-bond donors (Lipinski definition) is 1. The van der Waals surface area contributed by atoms with Crippen molar-refractivity contribution in [3.8, 4) is 0 Å². The van der Waals surface area contributed by atoms with Crippen molar-refractivity contribution in [2.24, 2.45) is 4.99 Å². The topological polar surface area (TPSA) is 72.2 Å². The number of thioether (sulfide) groups is 1. The Morgan fingerprint density at radius 3 is 3.04 bits per heavy atom. The van der Waals surface area contributed by atoms with Crippen molar-refractivity contribution in [3.05, 3.63) is 23.1 Å². The van der Waals surface area contributed by atoms with Crippen molar-refractivity contribution in [2.45, 2.75) is 39.2 Å². The molecule has 0 fully saturated rings. The predicted molar refractivity (Wildman–Crippen MR) is 92.0 cm³/mol. The molecule has 2 aromatic heterocycles. The highest BCUT2D eigenvalue weighted by Gasteiger charge is 2.22. The Bertz CT molecular complexity index is 810. The molecule has 0 atom stereocenters. The number of nitrogens with zero attached hydrogens (tertiary/aromatic N) is 4. The van der Waals surface area contributed by atoms with Gasteiger partial charge < -0.3 is 9.88 Å². The van der Waals surface area contributed by atoms with Gasteiger partial charge in [-0.3, -0.25) is 9.79 Å². The maximum Gasteiger partial charge on any atom is 0.259 e. The summed E-state index contributed by atoms with van der Waals surface area (Å²) >= 11 is 1.58. The molecule has 0 aliphatic carbocycles. The maximum atomic E-state index is 12.7.